The number of hydrogen-bond donors (Lipinski definition) is 0. The van der Waals surface area contributed by atoms with Gasteiger partial charge >= 0.3 is 0 Å². The number of aldehydes is 1. The van der Waals surface area contributed by atoms with E-state index in [1.165, 1.54) is 44.9 Å². The first-order valence-corrected chi connectivity index (χ1v) is 7.71. The fourth-order valence-electron chi connectivity index (χ4n) is 1.86. The van der Waals surface area contributed by atoms with Gasteiger partial charge in [0.05, 0.1) is 0 Å². The van der Waals surface area contributed by atoms with Gasteiger partial charge in [-0.25, -0.2) is 0 Å². The second kappa shape index (κ2) is 15.2. The average molecular weight is 270 g/mol. The van der Waals surface area contributed by atoms with Crippen molar-refractivity contribution in [2.75, 3.05) is 13.4 Å². The van der Waals surface area contributed by atoms with Crippen molar-refractivity contribution in [3.8, 4) is 0 Å². The molecule has 0 saturated heterocycles. The smallest absolute Gasteiger partial charge is 0.189 e. The molecule has 0 bridgehead atoms. The highest BCUT2D eigenvalue weighted by Crippen LogP contribution is 2.10. The molecule has 0 heterocycles. The Balaban J connectivity index is 3.40. The summed E-state index contributed by atoms with van der Waals surface area (Å²) in [7, 11) is 0. The van der Waals surface area contributed by atoms with Crippen LogP contribution in [0.3, 0.4) is 0 Å². The first-order valence-electron chi connectivity index (χ1n) is 7.71. The summed E-state index contributed by atoms with van der Waals surface area (Å²) in [6, 6.07) is 0. The van der Waals surface area contributed by atoms with Crippen LogP contribution in [-0.4, -0.2) is 19.7 Å². The number of rotatable bonds is 14. The Morgan fingerprint density at radius 3 is 2.16 bits per heavy atom. The highest BCUT2D eigenvalue weighted by Gasteiger charge is 1.96. The van der Waals surface area contributed by atoms with E-state index in [0.717, 1.165) is 19.1 Å². The molecule has 0 amide bonds. The standard InChI is InChI=1S/C16H30O3/c1-3-5-6-7-8-9-10-11-12-13-16(14-17)19-15-18-4-2/h13-14H,3-12,15H2,1-2H3/b16-13+. The summed E-state index contributed by atoms with van der Waals surface area (Å²) in [5.41, 5.74) is 0. The Morgan fingerprint density at radius 2 is 1.58 bits per heavy atom. The lowest BCUT2D eigenvalue weighted by Gasteiger charge is -2.04. The molecule has 3 heteroatoms. The zero-order valence-corrected chi connectivity index (χ0v) is 12.7. The highest BCUT2D eigenvalue weighted by atomic mass is 16.7. The predicted molar refractivity (Wildman–Crippen MR) is 79.0 cm³/mol. The maximum absolute atomic E-state index is 10.7. The van der Waals surface area contributed by atoms with Gasteiger partial charge in [0.25, 0.3) is 0 Å². The Kier molecular flexibility index (Phi) is 14.6. The molecule has 0 fully saturated rings. The summed E-state index contributed by atoms with van der Waals surface area (Å²) in [5.74, 6) is 0.399. The molecule has 0 N–H and O–H groups in total. The van der Waals surface area contributed by atoms with Crippen LogP contribution in [0.2, 0.25) is 0 Å². The number of ether oxygens (including phenoxy) is 2. The quantitative estimate of drug-likeness (QED) is 0.152. The topological polar surface area (TPSA) is 35.5 Å². The van der Waals surface area contributed by atoms with E-state index in [4.69, 9.17) is 9.47 Å². The molecule has 0 aliphatic rings. The molecule has 112 valence electrons. The first-order chi connectivity index (χ1) is 9.35. The van der Waals surface area contributed by atoms with Crippen molar-refractivity contribution in [2.45, 2.75) is 71.6 Å². The minimum Gasteiger partial charge on any atom is -0.464 e. The van der Waals surface area contributed by atoms with E-state index in [0.29, 0.717) is 12.4 Å². The summed E-state index contributed by atoms with van der Waals surface area (Å²) >= 11 is 0. The Bertz CT molecular complexity index is 224. The molecule has 0 aromatic rings. The van der Waals surface area contributed by atoms with Crippen molar-refractivity contribution in [1.29, 1.82) is 0 Å². The van der Waals surface area contributed by atoms with Crippen molar-refractivity contribution < 1.29 is 14.3 Å². The Morgan fingerprint density at radius 1 is 0.947 bits per heavy atom. The average Bonchev–Trinajstić information content (AvgIpc) is 2.43. The van der Waals surface area contributed by atoms with Gasteiger partial charge in [-0.1, -0.05) is 51.9 Å². The minimum atomic E-state index is 0.165. The molecular formula is C16H30O3. The molecule has 0 saturated carbocycles. The molecule has 0 aromatic carbocycles. The van der Waals surface area contributed by atoms with Gasteiger partial charge < -0.3 is 9.47 Å². The van der Waals surface area contributed by atoms with Crippen LogP contribution in [0.4, 0.5) is 0 Å². The van der Waals surface area contributed by atoms with Gasteiger partial charge in [-0.2, -0.15) is 0 Å². The Hall–Kier alpha value is -0.830. The first kappa shape index (κ1) is 18.2. The van der Waals surface area contributed by atoms with Crippen molar-refractivity contribution in [2.24, 2.45) is 0 Å². The van der Waals surface area contributed by atoms with Gasteiger partial charge in [0.15, 0.2) is 18.8 Å². The molecule has 3 nitrogen and oxygen atoms in total. The second-order valence-electron chi connectivity index (χ2n) is 4.74. The molecule has 0 spiro atoms. The molecule has 0 radical (unpaired) electrons. The van der Waals surface area contributed by atoms with Crippen LogP contribution < -0.4 is 0 Å². The molecular weight excluding hydrogens is 240 g/mol. The third kappa shape index (κ3) is 13.4. The van der Waals surface area contributed by atoms with Gasteiger partial charge in [0.1, 0.15) is 0 Å². The number of allylic oxidation sites excluding steroid dienone is 2. The van der Waals surface area contributed by atoms with Gasteiger partial charge in [-0.05, 0) is 25.8 Å². The van der Waals surface area contributed by atoms with Crippen LogP contribution in [0, 0.1) is 0 Å². The van der Waals surface area contributed by atoms with E-state index in [9.17, 15) is 4.79 Å². The fourth-order valence-corrected chi connectivity index (χ4v) is 1.86. The van der Waals surface area contributed by atoms with E-state index in [2.05, 4.69) is 6.92 Å². The fraction of sp³-hybridized carbons (Fsp3) is 0.812. The second-order valence-corrected chi connectivity index (χ2v) is 4.74. The molecule has 0 atom stereocenters. The maximum atomic E-state index is 10.7. The molecule has 0 aliphatic heterocycles. The molecule has 19 heavy (non-hydrogen) atoms. The van der Waals surface area contributed by atoms with Crippen LogP contribution >= 0.6 is 0 Å². The number of carbonyl (C=O) groups is 1. The highest BCUT2D eigenvalue weighted by molar-refractivity contribution is 5.69. The molecule has 0 rings (SSSR count). The zero-order chi connectivity index (χ0) is 14.2. The van der Waals surface area contributed by atoms with Crippen molar-refractivity contribution in [1.82, 2.24) is 0 Å². The summed E-state index contributed by atoms with van der Waals surface area (Å²) < 4.78 is 10.2. The lowest BCUT2D eigenvalue weighted by atomic mass is 10.1. The van der Waals surface area contributed by atoms with Crippen LogP contribution in [0.25, 0.3) is 0 Å². The van der Waals surface area contributed by atoms with E-state index in [1.807, 2.05) is 13.0 Å². The monoisotopic (exact) mass is 270 g/mol. The van der Waals surface area contributed by atoms with Crippen LogP contribution in [0.1, 0.15) is 71.6 Å². The van der Waals surface area contributed by atoms with Crippen LogP contribution in [0.5, 0.6) is 0 Å². The van der Waals surface area contributed by atoms with Gasteiger partial charge in [-0.15, -0.1) is 0 Å². The van der Waals surface area contributed by atoms with E-state index >= 15 is 0 Å². The number of hydrogen-bond acceptors (Lipinski definition) is 3. The predicted octanol–water partition coefficient (Wildman–Crippen LogP) is 4.61. The lowest BCUT2D eigenvalue weighted by molar-refractivity contribution is -0.110. The van der Waals surface area contributed by atoms with Gasteiger partial charge in [0, 0.05) is 6.61 Å². The lowest BCUT2D eigenvalue weighted by Crippen LogP contribution is -2.00. The maximum Gasteiger partial charge on any atom is 0.189 e. The van der Waals surface area contributed by atoms with Crippen molar-refractivity contribution in [3.05, 3.63) is 11.8 Å². The molecule has 0 aromatic heterocycles. The largest absolute Gasteiger partial charge is 0.464 e. The number of carbonyl (C=O) groups excluding carboxylic acids is 1. The Labute approximate surface area is 118 Å². The minimum absolute atomic E-state index is 0.165. The number of unbranched alkanes of at least 4 members (excludes halogenated alkanes) is 8. The van der Waals surface area contributed by atoms with Crippen LogP contribution in [-0.2, 0) is 14.3 Å². The van der Waals surface area contributed by atoms with Crippen LogP contribution in [0.15, 0.2) is 11.8 Å². The zero-order valence-electron chi connectivity index (χ0n) is 12.7. The third-order valence-corrected chi connectivity index (χ3v) is 3.03. The van der Waals surface area contributed by atoms with E-state index in [1.54, 1.807) is 0 Å². The summed E-state index contributed by atoms with van der Waals surface area (Å²) in [5, 5.41) is 0. The van der Waals surface area contributed by atoms with Crippen molar-refractivity contribution in [3.63, 3.8) is 0 Å². The van der Waals surface area contributed by atoms with Gasteiger partial charge in [0.2, 0.25) is 0 Å². The summed E-state index contributed by atoms with van der Waals surface area (Å²) in [4.78, 5) is 10.7. The van der Waals surface area contributed by atoms with Gasteiger partial charge in [-0.3, -0.25) is 4.79 Å². The van der Waals surface area contributed by atoms with Crippen molar-refractivity contribution >= 4 is 6.29 Å². The van der Waals surface area contributed by atoms with E-state index < -0.39 is 0 Å². The summed E-state index contributed by atoms with van der Waals surface area (Å²) in [6.07, 6.45) is 13.9. The van der Waals surface area contributed by atoms with E-state index in [-0.39, 0.29) is 6.79 Å². The molecule has 0 unspecified atom stereocenters. The normalized spacial score (nSPS) is 11.6. The SMILES string of the molecule is CCCCCCCCCC/C=C(\C=O)OCOCC. The molecule has 0 aliphatic carbocycles. The summed E-state index contributed by atoms with van der Waals surface area (Å²) in [6.45, 7) is 4.90. The third-order valence-electron chi connectivity index (χ3n) is 3.03.